The average molecular weight is 387 g/mol. The highest BCUT2D eigenvalue weighted by Gasteiger charge is 2.58. The van der Waals surface area contributed by atoms with Crippen LogP contribution in [0, 0.1) is 5.41 Å². The molecule has 1 spiro atoms. The molecule has 1 aliphatic heterocycles. The summed E-state index contributed by atoms with van der Waals surface area (Å²) in [5.41, 5.74) is -0.0854. The fourth-order valence-corrected chi connectivity index (χ4v) is 4.05. The van der Waals surface area contributed by atoms with E-state index in [0.29, 0.717) is 6.42 Å². The first-order valence-corrected chi connectivity index (χ1v) is 9.65. The molecular weight excluding hydrogens is 358 g/mol. The number of amides is 1. The first-order valence-electron chi connectivity index (χ1n) is 9.65. The Morgan fingerprint density at radius 1 is 1.14 bits per heavy atom. The van der Waals surface area contributed by atoms with Crippen molar-refractivity contribution in [3.63, 3.8) is 0 Å². The minimum absolute atomic E-state index is 0.168. The zero-order valence-electron chi connectivity index (χ0n) is 17.0. The zero-order valence-corrected chi connectivity index (χ0v) is 17.0. The molecule has 6 heteroatoms. The van der Waals surface area contributed by atoms with E-state index in [1.54, 1.807) is 27.9 Å². The zero-order chi connectivity index (χ0) is 20.4. The third kappa shape index (κ3) is 4.22. The van der Waals surface area contributed by atoms with E-state index in [-0.39, 0.29) is 12.0 Å². The number of likely N-dealkylation sites (tertiary alicyclic amines) is 1. The fourth-order valence-electron chi connectivity index (χ4n) is 4.05. The normalized spacial score (nSPS) is 23.2. The van der Waals surface area contributed by atoms with Crippen LogP contribution in [0.5, 0.6) is 0 Å². The number of benzene rings is 1. The van der Waals surface area contributed by atoms with Gasteiger partial charge in [-0.3, -0.25) is 4.90 Å². The molecule has 1 saturated heterocycles. The predicted octanol–water partition coefficient (Wildman–Crippen LogP) is 4.05. The molecule has 28 heavy (non-hydrogen) atoms. The Kier molecular flexibility index (Phi) is 5.79. The van der Waals surface area contributed by atoms with Crippen molar-refractivity contribution in [1.82, 2.24) is 4.90 Å². The lowest BCUT2D eigenvalue weighted by Crippen LogP contribution is -2.50. The van der Waals surface area contributed by atoms with Crippen molar-refractivity contribution in [1.29, 1.82) is 0 Å². The number of nitrogens with zero attached hydrogens (tertiary/aromatic N) is 1. The van der Waals surface area contributed by atoms with Gasteiger partial charge in [0.05, 0.1) is 0 Å². The maximum absolute atomic E-state index is 13.0. The van der Waals surface area contributed by atoms with Crippen LogP contribution in [-0.2, 0) is 25.6 Å². The number of carbonyl (C=O) groups excluding carboxylic acids is 2. The molecule has 6 nitrogen and oxygen atoms in total. The van der Waals surface area contributed by atoms with Crippen molar-refractivity contribution < 1.29 is 23.8 Å². The molecule has 2 atom stereocenters. The van der Waals surface area contributed by atoms with E-state index < -0.39 is 29.9 Å². The Hall–Kier alpha value is -2.34. The molecule has 152 valence electrons. The average Bonchev–Trinajstić information content (AvgIpc) is 3.24. The lowest BCUT2D eigenvalue weighted by molar-refractivity contribution is -0.153. The summed E-state index contributed by atoms with van der Waals surface area (Å²) in [4.78, 5) is 27.3. The van der Waals surface area contributed by atoms with E-state index in [2.05, 4.69) is 12.2 Å². The predicted molar refractivity (Wildman–Crippen MR) is 104 cm³/mol. The second-order valence-electron chi connectivity index (χ2n) is 8.53. The maximum Gasteiger partial charge on any atom is 0.413 e. The van der Waals surface area contributed by atoms with Gasteiger partial charge >= 0.3 is 12.1 Å². The highest BCUT2D eigenvalue weighted by Crippen LogP contribution is 2.50. The van der Waals surface area contributed by atoms with Gasteiger partial charge in [-0.2, -0.15) is 0 Å². The topological polar surface area (TPSA) is 65.1 Å². The first-order chi connectivity index (χ1) is 13.3. The molecule has 1 aromatic rings. The fraction of sp³-hybridized carbons (Fsp3) is 0.545. The summed E-state index contributed by atoms with van der Waals surface area (Å²) < 4.78 is 16.8. The number of ether oxygens (including phenoxy) is 3. The second-order valence-corrected chi connectivity index (χ2v) is 8.53. The number of methoxy groups -OCH3 is 1. The molecule has 0 saturated carbocycles. The summed E-state index contributed by atoms with van der Waals surface area (Å²) in [7, 11) is 1.57. The lowest BCUT2D eigenvalue weighted by atomic mass is 9.81. The molecule has 1 unspecified atom stereocenters. The van der Waals surface area contributed by atoms with Crippen LogP contribution in [0.25, 0.3) is 0 Å². The Morgan fingerprint density at radius 2 is 1.79 bits per heavy atom. The molecule has 0 aromatic heterocycles. The van der Waals surface area contributed by atoms with Crippen molar-refractivity contribution >= 4 is 12.1 Å². The van der Waals surface area contributed by atoms with E-state index in [9.17, 15) is 9.59 Å². The van der Waals surface area contributed by atoms with Crippen molar-refractivity contribution in [2.24, 2.45) is 5.41 Å². The van der Waals surface area contributed by atoms with Crippen molar-refractivity contribution in [3.8, 4) is 0 Å². The minimum atomic E-state index is -0.733. The van der Waals surface area contributed by atoms with Crippen LogP contribution in [0.4, 0.5) is 4.79 Å². The molecule has 1 heterocycles. The smallest absolute Gasteiger partial charge is 0.413 e. The Bertz CT molecular complexity index is 729. The Morgan fingerprint density at radius 3 is 2.36 bits per heavy atom. The van der Waals surface area contributed by atoms with E-state index in [1.165, 1.54) is 4.90 Å². The number of carbonyl (C=O) groups is 2. The molecule has 2 aliphatic rings. The van der Waals surface area contributed by atoms with Gasteiger partial charge < -0.3 is 14.2 Å². The van der Waals surface area contributed by atoms with Gasteiger partial charge in [-0.1, -0.05) is 42.5 Å². The summed E-state index contributed by atoms with van der Waals surface area (Å²) in [5.74, 6) is -0.430. The van der Waals surface area contributed by atoms with Gasteiger partial charge in [0.25, 0.3) is 0 Å². The molecule has 3 rings (SSSR count). The molecule has 1 fully saturated rings. The number of hydrogen-bond acceptors (Lipinski definition) is 5. The molecule has 0 N–H and O–H groups in total. The van der Waals surface area contributed by atoms with E-state index >= 15 is 0 Å². The van der Waals surface area contributed by atoms with Gasteiger partial charge in [0.1, 0.15) is 24.5 Å². The van der Waals surface area contributed by atoms with Crippen LogP contribution in [0.15, 0.2) is 42.5 Å². The van der Waals surface area contributed by atoms with Crippen LogP contribution in [0.3, 0.4) is 0 Å². The Balaban J connectivity index is 1.81. The summed E-state index contributed by atoms with van der Waals surface area (Å²) in [6.07, 6.45) is 5.08. The van der Waals surface area contributed by atoms with Crippen molar-refractivity contribution in [3.05, 3.63) is 48.0 Å². The van der Waals surface area contributed by atoms with Gasteiger partial charge in [-0.05, 0) is 45.6 Å². The molecule has 1 amide bonds. The van der Waals surface area contributed by atoms with Crippen LogP contribution in [-0.4, -0.2) is 41.9 Å². The quantitative estimate of drug-likeness (QED) is 0.576. The monoisotopic (exact) mass is 387 g/mol. The van der Waals surface area contributed by atoms with Gasteiger partial charge in [-0.15, -0.1) is 0 Å². The third-order valence-electron chi connectivity index (χ3n) is 5.25. The van der Waals surface area contributed by atoms with Gasteiger partial charge in [-0.25, -0.2) is 9.59 Å². The van der Waals surface area contributed by atoms with E-state index in [1.807, 2.05) is 30.3 Å². The van der Waals surface area contributed by atoms with Gasteiger partial charge in [0.15, 0.2) is 0 Å². The van der Waals surface area contributed by atoms with Crippen LogP contribution >= 0.6 is 0 Å². The van der Waals surface area contributed by atoms with Gasteiger partial charge in [0, 0.05) is 12.5 Å². The Labute approximate surface area is 166 Å². The minimum Gasteiger partial charge on any atom is -0.459 e. The SMILES string of the molecule is COC1N(C(=O)OC(C)(C)C)[C@H](C(=O)OCc2ccccc2)CC12CC=CC2. The number of hydrogen-bond donors (Lipinski definition) is 0. The van der Waals surface area contributed by atoms with Gasteiger partial charge in [0.2, 0.25) is 0 Å². The summed E-state index contributed by atoms with van der Waals surface area (Å²) in [6, 6.07) is 8.76. The summed E-state index contributed by atoms with van der Waals surface area (Å²) >= 11 is 0. The number of rotatable bonds is 4. The number of allylic oxidation sites excluding steroid dienone is 2. The molecule has 0 radical (unpaired) electrons. The van der Waals surface area contributed by atoms with Crippen LogP contribution < -0.4 is 0 Å². The van der Waals surface area contributed by atoms with Crippen molar-refractivity contribution in [2.75, 3.05) is 7.11 Å². The maximum atomic E-state index is 13.0. The first kappa shape index (κ1) is 20.4. The van der Waals surface area contributed by atoms with E-state index in [0.717, 1.165) is 18.4 Å². The molecule has 1 aliphatic carbocycles. The summed E-state index contributed by atoms with van der Waals surface area (Å²) in [6.45, 7) is 5.58. The largest absolute Gasteiger partial charge is 0.459 e. The number of esters is 1. The van der Waals surface area contributed by atoms with Crippen LogP contribution in [0.1, 0.15) is 45.6 Å². The highest BCUT2D eigenvalue weighted by atomic mass is 16.6. The van der Waals surface area contributed by atoms with E-state index in [4.69, 9.17) is 14.2 Å². The lowest BCUT2D eigenvalue weighted by Gasteiger charge is -2.35. The standard InChI is InChI=1S/C22H29NO5/c1-21(2,3)28-20(25)23-17(14-22(19(23)26-4)12-8-9-13-22)18(24)27-15-16-10-6-5-7-11-16/h5-11,17,19H,12-15H2,1-4H3/t17-,19?/m0/s1. The second kappa shape index (κ2) is 7.95. The highest BCUT2D eigenvalue weighted by molar-refractivity contribution is 5.83. The molecular formula is C22H29NO5. The molecule has 1 aromatic carbocycles. The van der Waals surface area contributed by atoms with Crippen molar-refractivity contribution in [2.45, 2.75) is 64.5 Å². The molecule has 0 bridgehead atoms. The third-order valence-corrected chi connectivity index (χ3v) is 5.25. The van der Waals surface area contributed by atoms with Crippen LogP contribution in [0.2, 0.25) is 0 Å². The summed E-state index contributed by atoms with van der Waals surface area (Å²) in [5, 5.41) is 0.